The Bertz CT molecular complexity index is 2130. The van der Waals surface area contributed by atoms with Crippen molar-refractivity contribution in [3.8, 4) is 16.9 Å². The quantitative estimate of drug-likeness (QED) is 0.0724. The minimum Gasteiger partial charge on any atom is -0.505 e. The van der Waals surface area contributed by atoms with E-state index in [1.807, 2.05) is 12.1 Å². The van der Waals surface area contributed by atoms with Gasteiger partial charge in [-0.2, -0.15) is 0 Å². The Balaban J connectivity index is 1.21. The van der Waals surface area contributed by atoms with Gasteiger partial charge < -0.3 is 35.5 Å². The van der Waals surface area contributed by atoms with E-state index in [1.165, 1.54) is 17.7 Å². The van der Waals surface area contributed by atoms with Crippen LogP contribution >= 0.6 is 11.6 Å². The molecule has 0 bridgehead atoms. The van der Waals surface area contributed by atoms with Crippen molar-refractivity contribution >= 4 is 51.6 Å². The van der Waals surface area contributed by atoms with Gasteiger partial charge in [0.15, 0.2) is 5.82 Å². The molecular formula is C36H36ClN7O6. The van der Waals surface area contributed by atoms with Crippen molar-refractivity contribution in [1.29, 1.82) is 0 Å². The van der Waals surface area contributed by atoms with Gasteiger partial charge in [0.1, 0.15) is 16.8 Å². The number of likely N-dealkylation sites (tertiary alicyclic amines) is 1. The zero-order chi connectivity index (χ0) is 35.4. The Labute approximate surface area is 292 Å². The fraction of sp³-hybridized carbons (Fsp3) is 0.250. The Morgan fingerprint density at radius 2 is 1.80 bits per heavy atom. The minimum atomic E-state index is -0.638. The van der Waals surface area contributed by atoms with E-state index >= 15 is 0 Å². The van der Waals surface area contributed by atoms with Gasteiger partial charge >= 0.3 is 5.97 Å². The first kappa shape index (κ1) is 34.5. The van der Waals surface area contributed by atoms with Crippen LogP contribution in [0.25, 0.3) is 22.0 Å². The van der Waals surface area contributed by atoms with Crippen LogP contribution in [0.1, 0.15) is 21.5 Å². The molecule has 0 aliphatic carbocycles. The van der Waals surface area contributed by atoms with E-state index in [-0.39, 0.29) is 40.5 Å². The van der Waals surface area contributed by atoms with Gasteiger partial charge in [0.05, 0.1) is 36.0 Å². The second kappa shape index (κ2) is 15.0. The second-order valence-corrected chi connectivity index (χ2v) is 12.4. The molecule has 0 radical (unpaired) electrons. The molecule has 1 amide bonds. The number of phenols is 1. The standard InChI is InChI=1S/C36H36ClN7O6/c1-43-17-22(15-38-11-12-45)14-27(35(43)48)34(47)42-28-7-3-5-25(30(28)37)26-6-4-8-29(32(26)46)41-33-31-23(9-10-39-33)13-21(16-40-31)18-44-19-24(20-44)36(49)50-2/h3-10,13-14,16-17,24,38,45-46H,11-12,15,18-20H2,1-2H3,(H,39,41)(H,42,47). The molecule has 1 saturated heterocycles. The summed E-state index contributed by atoms with van der Waals surface area (Å²) in [4.78, 5) is 49.1. The monoisotopic (exact) mass is 697 g/mol. The number of methoxy groups -OCH3 is 1. The number of nitrogens with zero attached hydrogens (tertiary/aromatic N) is 4. The van der Waals surface area contributed by atoms with Gasteiger partial charge in [-0.1, -0.05) is 35.9 Å². The lowest BCUT2D eigenvalue weighted by Crippen LogP contribution is -2.49. The molecule has 6 rings (SSSR count). The van der Waals surface area contributed by atoms with Crippen LogP contribution in [0.4, 0.5) is 17.2 Å². The third-order valence-electron chi connectivity index (χ3n) is 8.48. The number of amides is 1. The van der Waals surface area contributed by atoms with Crippen molar-refractivity contribution in [2.75, 3.05) is 44.0 Å². The summed E-state index contributed by atoms with van der Waals surface area (Å²) < 4.78 is 6.15. The van der Waals surface area contributed by atoms with E-state index < -0.39 is 11.5 Å². The predicted molar refractivity (Wildman–Crippen MR) is 191 cm³/mol. The number of carbonyl (C=O) groups excluding carboxylic acids is 2. The molecule has 4 heterocycles. The fourth-order valence-corrected chi connectivity index (χ4v) is 6.20. The Hall–Kier alpha value is -5.34. The number of carbonyl (C=O) groups is 2. The highest BCUT2D eigenvalue weighted by atomic mass is 35.5. The number of phenolic OH excluding ortho intramolecular Hbond substituents is 1. The largest absolute Gasteiger partial charge is 0.505 e. The van der Waals surface area contributed by atoms with E-state index in [4.69, 9.17) is 21.4 Å². The number of pyridine rings is 3. The van der Waals surface area contributed by atoms with E-state index in [1.54, 1.807) is 62.0 Å². The van der Waals surface area contributed by atoms with Crippen LogP contribution in [0.5, 0.6) is 5.75 Å². The molecule has 258 valence electrons. The van der Waals surface area contributed by atoms with E-state index in [2.05, 4.69) is 30.8 Å². The highest BCUT2D eigenvalue weighted by molar-refractivity contribution is 6.36. The number of nitrogens with one attached hydrogen (secondary N) is 3. The van der Waals surface area contributed by atoms with Crippen LogP contribution in [0.2, 0.25) is 5.02 Å². The summed E-state index contributed by atoms with van der Waals surface area (Å²) >= 11 is 6.81. The number of hydrogen-bond acceptors (Lipinski definition) is 11. The summed E-state index contributed by atoms with van der Waals surface area (Å²) in [6.45, 7) is 2.62. The summed E-state index contributed by atoms with van der Waals surface area (Å²) in [5, 5.41) is 30.5. The SMILES string of the molecule is COC(=O)C1CN(Cc2cnc3c(Nc4cccc(-c5cccc(NC(=O)c6cc(CNCCO)cn(C)c6=O)c5Cl)c4O)nccc3c2)C1. The normalized spacial score (nSPS) is 13.2. The van der Waals surface area contributed by atoms with Crippen LogP contribution in [0.15, 0.2) is 78.0 Å². The number of esters is 1. The topological polar surface area (TPSA) is 171 Å². The molecule has 0 unspecified atom stereocenters. The van der Waals surface area contributed by atoms with Gasteiger partial charge in [0, 0.05) is 74.9 Å². The lowest BCUT2D eigenvalue weighted by molar-refractivity contribution is -0.151. The average molecular weight is 698 g/mol. The number of anilines is 3. The number of hydrogen-bond donors (Lipinski definition) is 5. The Morgan fingerprint density at radius 3 is 2.56 bits per heavy atom. The molecule has 5 N–H and O–H groups in total. The molecule has 13 nitrogen and oxygen atoms in total. The third kappa shape index (κ3) is 7.31. The molecule has 0 saturated carbocycles. The summed E-state index contributed by atoms with van der Waals surface area (Å²) in [5.41, 5.74) is 3.23. The van der Waals surface area contributed by atoms with Crippen LogP contribution in [-0.2, 0) is 29.7 Å². The zero-order valence-electron chi connectivity index (χ0n) is 27.4. The van der Waals surface area contributed by atoms with E-state index in [0.29, 0.717) is 66.4 Å². The number of aryl methyl sites for hydroxylation is 1. The molecule has 1 aliphatic rings. The van der Waals surface area contributed by atoms with Gasteiger partial charge in [-0.15, -0.1) is 0 Å². The molecule has 0 atom stereocenters. The maximum absolute atomic E-state index is 13.3. The molecule has 0 spiro atoms. The molecule has 50 heavy (non-hydrogen) atoms. The Morgan fingerprint density at radius 1 is 1.04 bits per heavy atom. The van der Waals surface area contributed by atoms with Crippen LogP contribution in [0.3, 0.4) is 0 Å². The minimum absolute atomic E-state index is 0.0391. The van der Waals surface area contributed by atoms with Gasteiger partial charge in [-0.3, -0.25) is 24.3 Å². The fourth-order valence-electron chi connectivity index (χ4n) is 5.92. The first-order valence-electron chi connectivity index (χ1n) is 15.9. The van der Waals surface area contributed by atoms with E-state index in [0.717, 1.165) is 10.9 Å². The van der Waals surface area contributed by atoms with Crippen molar-refractivity contribution in [2.45, 2.75) is 13.1 Å². The van der Waals surface area contributed by atoms with Gasteiger partial charge in [0.2, 0.25) is 0 Å². The smallest absolute Gasteiger partial charge is 0.311 e. The number of rotatable bonds is 12. The average Bonchev–Trinajstić information content (AvgIpc) is 3.09. The lowest BCUT2D eigenvalue weighted by atomic mass is 9.99. The summed E-state index contributed by atoms with van der Waals surface area (Å²) in [6.07, 6.45) is 5.06. The number of ether oxygens (including phenoxy) is 1. The molecule has 1 fully saturated rings. The van der Waals surface area contributed by atoms with Crippen molar-refractivity contribution in [1.82, 2.24) is 24.8 Å². The molecule has 1 aliphatic heterocycles. The summed E-state index contributed by atoms with van der Waals surface area (Å²) in [7, 11) is 2.96. The molecule has 14 heteroatoms. The molecule has 2 aromatic carbocycles. The summed E-state index contributed by atoms with van der Waals surface area (Å²) in [5.74, 6) is -0.579. The van der Waals surface area contributed by atoms with E-state index in [9.17, 15) is 19.5 Å². The Kier molecular flexibility index (Phi) is 10.4. The molecule has 3 aromatic heterocycles. The number of aliphatic hydroxyl groups excluding tert-OH is 1. The van der Waals surface area contributed by atoms with Crippen LogP contribution in [0, 0.1) is 5.92 Å². The van der Waals surface area contributed by atoms with Gasteiger partial charge in [-0.25, -0.2) is 4.98 Å². The number of benzene rings is 2. The van der Waals surface area contributed by atoms with Gasteiger partial charge in [-0.05, 0) is 41.5 Å². The zero-order valence-corrected chi connectivity index (χ0v) is 28.2. The predicted octanol–water partition coefficient (Wildman–Crippen LogP) is 4.04. The van der Waals surface area contributed by atoms with Crippen molar-refractivity contribution < 1.29 is 24.5 Å². The van der Waals surface area contributed by atoms with Crippen molar-refractivity contribution in [3.05, 3.63) is 105 Å². The number of aliphatic hydroxyl groups is 1. The third-order valence-corrected chi connectivity index (χ3v) is 8.89. The van der Waals surface area contributed by atoms with Crippen LogP contribution < -0.4 is 21.5 Å². The molecular weight excluding hydrogens is 662 g/mol. The maximum atomic E-state index is 13.3. The molecule has 5 aromatic rings. The van der Waals surface area contributed by atoms with Crippen LogP contribution in [-0.4, -0.2) is 74.9 Å². The maximum Gasteiger partial charge on any atom is 0.311 e. The lowest BCUT2D eigenvalue weighted by Gasteiger charge is -2.37. The first-order valence-corrected chi connectivity index (χ1v) is 16.3. The highest BCUT2D eigenvalue weighted by Gasteiger charge is 2.33. The number of fused-ring (bicyclic) bond motifs is 1. The van der Waals surface area contributed by atoms with Gasteiger partial charge in [0.25, 0.3) is 11.5 Å². The number of aromatic nitrogens is 3. The summed E-state index contributed by atoms with van der Waals surface area (Å²) in [6, 6.07) is 15.6. The number of halogens is 1. The number of aromatic hydroxyl groups is 1. The first-order chi connectivity index (χ1) is 24.2. The van der Waals surface area contributed by atoms with Crippen molar-refractivity contribution in [2.24, 2.45) is 13.0 Å². The second-order valence-electron chi connectivity index (χ2n) is 12.0. The number of para-hydroxylation sites is 1. The van der Waals surface area contributed by atoms with Crippen molar-refractivity contribution in [3.63, 3.8) is 0 Å². The highest BCUT2D eigenvalue weighted by Crippen LogP contribution is 2.42.